The van der Waals surface area contributed by atoms with Crippen molar-refractivity contribution in [3.8, 4) is 0 Å². The standard InChI is InChI=1S/C6H11NOS/c1-3-6(9-2)4-5-7-8/h3-5,7-8H,1-2H3. The Morgan fingerprint density at radius 3 is 2.67 bits per heavy atom. The highest BCUT2D eigenvalue weighted by Gasteiger charge is 1.81. The summed E-state index contributed by atoms with van der Waals surface area (Å²) in [5.41, 5.74) is 1.93. The van der Waals surface area contributed by atoms with Crippen molar-refractivity contribution in [1.29, 1.82) is 0 Å². The zero-order valence-electron chi connectivity index (χ0n) is 5.59. The molecular weight excluding hydrogens is 134 g/mol. The van der Waals surface area contributed by atoms with Crippen molar-refractivity contribution in [3.63, 3.8) is 0 Å². The minimum Gasteiger partial charge on any atom is -0.292 e. The largest absolute Gasteiger partial charge is 0.292 e. The predicted molar refractivity (Wildman–Crippen MR) is 41.3 cm³/mol. The Hall–Kier alpha value is -0.410. The molecule has 0 fully saturated rings. The first-order valence-corrected chi connectivity index (χ1v) is 3.84. The van der Waals surface area contributed by atoms with Gasteiger partial charge in [0.15, 0.2) is 0 Å². The third-order valence-electron chi connectivity index (χ3n) is 0.842. The SMILES string of the molecule is CC=C(C=CNO)SC. The molecule has 0 saturated carbocycles. The van der Waals surface area contributed by atoms with Crippen LogP contribution in [-0.2, 0) is 0 Å². The second-order valence-corrected chi connectivity index (χ2v) is 2.24. The fraction of sp³-hybridized carbons (Fsp3) is 0.333. The van der Waals surface area contributed by atoms with Crippen LogP contribution >= 0.6 is 11.8 Å². The van der Waals surface area contributed by atoms with Crippen LogP contribution in [0.3, 0.4) is 0 Å². The average Bonchev–Trinajstić information content (AvgIpc) is 1.91. The lowest BCUT2D eigenvalue weighted by molar-refractivity contribution is 0.214. The summed E-state index contributed by atoms with van der Waals surface area (Å²) in [5, 5.41) is 8.13. The molecule has 0 rings (SSSR count). The van der Waals surface area contributed by atoms with E-state index < -0.39 is 0 Å². The van der Waals surface area contributed by atoms with Gasteiger partial charge in [0.05, 0.1) is 0 Å². The number of rotatable bonds is 3. The first kappa shape index (κ1) is 8.59. The van der Waals surface area contributed by atoms with Gasteiger partial charge in [-0.05, 0) is 19.3 Å². The van der Waals surface area contributed by atoms with Gasteiger partial charge in [0, 0.05) is 11.1 Å². The summed E-state index contributed by atoms with van der Waals surface area (Å²) in [7, 11) is 0. The molecule has 0 atom stereocenters. The molecule has 0 aliphatic heterocycles. The Morgan fingerprint density at radius 2 is 2.33 bits per heavy atom. The van der Waals surface area contributed by atoms with E-state index in [0.29, 0.717) is 0 Å². The second-order valence-electron chi connectivity index (χ2n) is 1.36. The number of hydrogen-bond donors (Lipinski definition) is 2. The van der Waals surface area contributed by atoms with Crippen molar-refractivity contribution in [2.75, 3.05) is 6.26 Å². The molecule has 0 unspecified atom stereocenters. The summed E-state index contributed by atoms with van der Waals surface area (Å²) in [4.78, 5) is 1.12. The van der Waals surface area contributed by atoms with Crippen molar-refractivity contribution in [3.05, 3.63) is 23.3 Å². The highest BCUT2D eigenvalue weighted by molar-refractivity contribution is 8.02. The molecule has 0 aliphatic rings. The molecule has 0 aromatic carbocycles. The van der Waals surface area contributed by atoms with Crippen LogP contribution in [0.25, 0.3) is 0 Å². The van der Waals surface area contributed by atoms with E-state index in [0.717, 1.165) is 4.91 Å². The molecule has 0 aromatic heterocycles. The summed E-state index contributed by atoms with van der Waals surface area (Å²) in [6, 6.07) is 0. The van der Waals surface area contributed by atoms with E-state index in [2.05, 4.69) is 0 Å². The summed E-state index contributed by atoms with van der Waals surface area (Å²) < 4.78 is 0. The molecule has 52 valence electrons. The van der Waals surface area contributed by atoms with Crippen molar-refractivity contribution in [2.45, 2.75) is 6.92 Å². The second kappa shape index (κ2) is 5.72. The van der Waals surface area contributed by atoms with E-state index in [1.807, 2.05) is 24.7 Å². The lowest BCUT2D eigenvalue weighted by Crippen LogP contribution is -1.92. The third kappa shape index (κ3) is 4.12. The first-order chi connectivity index (χ1) is 4.35. The van der Waals surface area contributed by atoms with E-state index in [-0.39, 0.29) is 0 Å². The minimum absolute atomic E-state index is 1.12. The number of hydroxylamine groups is 1. The van der Waals surface area contributed by atoms with E-state index in [4.69, 9.17) is 5.21 Å². The van der Waals surface area contributed by atoms with E-state index >= 15 is 0 Å². The van der Waals surface area contributed by atoms with Gasteiger partial charge in [-0.3, -0.25) is 10.7 Å². The number of thioether (sulfide) groups is 1. The van der Waals surface area contributed by atoms with Crippen molar-refractivity contribution in [1.82, 2.24) is 5.48 Å². The molecule has 2 N–H and O–H groups in total. The Balaban J connectivity index is 3.70. The molecule has 0 bridgehead atoms. The van der Waals surface area contributed by atoms with Crippen LogP contribution in [0.15, 0.2) is 23.3 Å². The van der Waals surface area contributed by atoms with E-state index in [1.54, 1.807) is 17.8 Å². The zero-order chi connectivity index (χ0) is 7.11. The Kier molecular flexibility index (Phi) is 5.46. The fourth-order valence-electron chi connectivity index (χ4n) is 0.402. The lowest BCUT2D eigenvalue weighted by atomic mass is 10.5. The summed E-state index contributed by atoms with van der Waals surface area (Å²) in [5.74, 6) is 0. The smallest absolute Gasteiger partial charge is 0.0251 e. The first-order valence-electron chi connectivity index (χ1n) is 2.61. The maximum atomic E-state index is 8.13. The molecule has 9 heavy (non-hydrogen) atoms. The van der Waals surface area contributed by atoms with E-state index in [1.165, 1.54) is 6.20 Å². The van der Waals surface area contributed by atoms with Gasteiger partial charge < -0.3 is 0 Å². The molecule has 0 aromatic rings. The molecular formula is C6H11NOS. The molecule has 0 spiro atoms. The molecule has 3 heteroatoms. The Labute approximate surface area is 59.6 Å². The van der Waals surface area contributed by atoms with Gasteiger partial charge in [-0.15, -0.1) is 11.8 Å². The van der Waals surface area contributed by atoms with Gasteiger partial charge in [-0.25, -0.2) is 0 Å². The van der Waals surface area contributed by atoms with E-state index in [9.17, 15) is 0 Å². The number of nitrogens with one attached hydrogen (secondary N) is 1. The predicted octanol–water partition coefficient (Wildman–Crippen LogP) is 1.75. The zero-order valence-corrected chi connectivity index (χ0v) is 6.40. The van der Waals surface area contributed by atoms with Crippen molar-refractivity contribution in [2.24, 2.45) is 0 Å². The van der Waals surface area contributed by atoms with Crippen LogP contribution in [0.1, 0.15) is 6.92 Å². The molecule has 0 amide bonds. The average molecular weight is 145 g/mol. The van der Waals surface area contributed by atoms with Crippen LogP contribution in [0, 0.1) is 0 Å². The number of hydrogen-bond acceptors (Lipinski definition) is 3. The quantitative estimate of drug-likeness (QED) is 0.468. The summed E-state index contributed by atoms with van der Waals surface area (Å²) in [6.07, 6.45) is 7.23. The van der Waals surface area contributed by atoms with Gasteiger partial charge in [0.25, 0.3) is 0 Å². The van der Waals surface area contributed by atoms with Gasteiger partial charge >= 0.3 is 0 Å². The summed E-state index contributed by atoms with van der Waals surface area (Å²) >= 11 is 1.63. The third-order valence-corrected chi connectivity index (χ3v) is 1.69. The van der Waals surface area contributed by atoms with Crippen molar-refractivity contribution < 1.29 is 5.21 Å². The molecule has 0 aliphatic carbocycles. The molecule has 0 saturated heterocycles. The summed E-state index contributed by atoms with van der Waals surface area (Å²) in [6.45, 7) is 1.95. The maximum absolute atomic E-state index is 8.13. The van der Waals surface area contributed by atoms with Crippen LogP contribution in [0.4, 0.5) is 0 Å². The van der Waals surface area contributed by atoms with Gasteiger partial charge in [0.1, 0.15) is 0 Å². The van der Waals surface area contributed by atoms with Gasteiger partial charge in [0.2, 0.25) is 0 Å². The van der Waals surface area contributed by atoms with Gasteiger partial charge in [-0.1, -0.05) is 6.08 Å². The molecule has 0 radical (unpaired) electrons. The highest BCUT2D eigenvalue weighted by atomic mass is 32.2. The van der Waals surface area contributed by atoms with Crippen LogP contribution in [0.5, 0.6) is 0 Å². The van der Waals surface area contributed by atoms with Crippen LogP contribution in [0.2, 0.25) is 0 Å². The Bertz CT molecular complexity index is 120. The fourth-order valence-corrected chi connectivity index (χ4v) is 0.841. The maximum Gasteiger partial charge on any atom is 0.0251 e. The minimum atomic E-state index is 1.12. The Morgan fingerprint density at radius 1 is 1.67 bits per heavy atom. The lowest BCUT2D eigenvalue weighted by Gasteiger charge is -1.91. The monoisotopic (exact) mass is 145 g/mol. The highest BCUT2D eigenvalue weighted by Crippen LogP contribution is 2.10. The number of allylic oxidation sites excluding steroid dienone is 2. The molecule has 0 heterocycles. The van der Waals surface area contributed by atoms with Crippen molar-refractivity contribution >= 4 is 11.8 Å². The topological polar surface area (TPSA) is 32.3 Å². The van der Waals surface area contributed by atoms with Crippen LogP contribution in [-0.4, -0.2) is 11.5 Å². The molecule has 2 nitrogen and oxygen atoms in total. The normalized spacial score (nSPS) is 12.6. The van der Waals surface area contributed by atoms with Crippen LogP contribution < -0.4 is 5.48 Å². The van der Waals surface area contributed by atoms with Gasteiger partial charge in [-0.2, -0.15) is 0 Å².